The van der Waals surface area contributed by atoms with Gasteiger partial charge in [-0.1, -0.05) is 39.8 Å². The molecule has 2 aromatic carbocycles. The Balaban J connectivity index is 1.84. The van der Waals surface area contributed by atoms with Gasteiger partial charge in [0.2, 0.25) is 0 Å². The second-order valence-electron chi connectivity index (χ2n) is 9.10. The summed E-state index contributed by atoms with van der Waals surface area (Å²) in [7, 11) is 0. The van der Waals surface area contributed by atoms with Gasteiger partial charge in [0, 0.05) is 25.2 Å². The minimum absolute atomic E-state index is 0.165. The fourth-order valence-corrected chi connectivity index (χ4v) is 4.05. The molecular weight excluding hydrogens is 415 g/mol. The van der Waals surface area contributed by atoms with Crippen LogP contribution in [-0.2, 0) is 19.6 Å². The number of imidazole rings is 1. The molecule has 0 saturated heterocycles. The Hall–Kier alpha value is -2.73. The maximum Gasteiger partial charge on any atom is 0.254 e. The molecule has 0 saturated carbocycles. The molecule has 0 aliphatic carbocycles. The van der Waals surface area contributed by atoms with Crippen molar-refractivity contribution in [3.8, 4) is 0 Å². The average molecular weight is 453 g/mol. The molecule has 1 amide bonds. The number of amides is 1. The fraction of sp³-hybridized carbons (Fsp3) is 0.481. The first-order valence-electron chi connectivity index (χ1n) is 12.2. The van der Waals surface area contributed by atoms with Gasteiger partial charge in [-0.25, -0.2) is 9.37 Å². The average Bonchev–Trinajstić information content (AvgIpc) is 3.12. The Morgan fingerprint density at radius 1 is 1.15 bits per heavy atom. The van der Waals surface area contributed by atoms with Crippen LogP contribution >= 0.6 is 0 Å². The number of aromatic nitrogens is 2. The van der Waals surface area contributed by atoms with E-state index in [2.05, 4.69) is 48.9 Å². The van der Waals surface area contributed by atoms with Gasteiger partial charge in [0.15, 0.2) is 0 Å². The standard InChI is InChI=1S/C27H37FN4O/c1-5-14-31(27(33)22-8-7-9-23(28)17-22)19-26-30-24-16-21(18-29-13-12-20(3)4)10-11-25(24)32(26)15-6-2/h7-11,16-17,20,29H,5-6,12-15,18-19H2,1-4H3. The maximum atomic E-state index is 13.7. The van der Waals surface area contributed by atoms with E-state index in [0.29, 0.717) is 24.6 Å². The lowest BCUT2D eigenvalue weighted by Crippen LogP contribution is -2.32. The van der Waals surface area contributed by atoms with Crippen LogP contribution in [0.3, 0.4) is 0 Å². The number of fused-ring (bicyclic) bond motifs is 1. The maximum absolute atomic E-state index is 13.7. The molecule has 33 heavy (non-hydrogen) atoms. The molecule has 3 rings (SSSR count). The van der Waals surface area contributed by atoms with Crippen LogP contribution in [0.15, 0.2) is 42.5 Å². The van der Waals surface area contributed by atoms with Crippen molar-refractivity contribution in [3.05, 3.63) is 65.2 Å². The van der Waals surface area contributed by atoms with Crippen molar-refractivity contribution in [1.82, 2.24) is 19.8 Å². The first kappa shape index (κ1) is 24.9. The molecule has 5 nitrogen and oxygen atoms in total. The van der Waals surface area contributed by atoms with Crippen LogP contribution in [0.4, 0.5) is 4.39 Å². The summed E-state index contributed by atoms with van der Waals surface area (Å²) in [5.41, 5.74) is 3.63. The fourth-order valence-electron chi connectivity index (χ4n) is 4.05. The van der Waals surface area contributed by atoms with E-state index in [9.17, 15) is 9.18 Å². The largest absolute Gasteiger partial charge is 0.331 e. The summed E-state index contributed by atoms with van der Waals surface area (Å²) in [6.45, 7) is 12.3. The summed E-state index contributed by atoms with van der Waals surface area (Å²) >= 11 is 0. The topological polar surface area (TPSA) is 50.2 Å². The van der Waals surface area contributed by atoms with Crippen LogP contribution in [0.5, 0.6) is 0 Å². The summed E-state index contributed by atoms with van der Waals surface area (Å²) in [4.78, 5) is 19.8. The molecule has 1 N–H and O–H groups in total. The lowest BCUT2D eigenvalue weighted by atomic mass is 10.1. The van der Waals surface area contributed by atoms with Gasteiger partial charge >= 0.3 is 0 Å². The molecule has 6 heteroatoms. The van der Waals surface area contributed by atoms with Gasteiger partial charge in [-0.2, -0.15) is 0 Å². The second kappa shape index (κ2) is 11.9. The number of carbonyl (C=O) groups excluding carboxylic acids is 1. The van der Waals surface area contributed by atoms with Gasteiger partial charge in [0.05, 0.1) is 17.6 Å². The molecule has 0 bridgehead atoms. The number of nitrogens with zero attached hydrogens (tertiary/aromatic N) is 3. The van der Waals surface area contributed by atoms with Crippen molar-refractivity contribution in [2.24, 2.45) is 5.92 Å². The predicted molar refractivity (Wildman–Crippen MR) is 133 cm³/mol. The van der Waals surface area contributed by atoms with Gasteiger partial charge in [-0.15, -0.1) is 0 Å². The molecular formula is C27H37FN4O. The third kappa shape index (κ3) is 6.64. The number of halogens is 1. The number of hydrogen-bond acceptors (Lipinski definition) is 3. The van der Waals surface area contributed by atoms with E-state index in [1.165, 1.54) is 17.7 Å². The highest BCUT2D eigenvalue weighted by molar-refractivity contribution is 5.94. The van der Waals surface area contributed by atoms with Crippen molar-refractivity contribution in [2.75, 3.05) is 13.1 Å². The Morgan fingerprint density at radius 2 is 1.97 bits per heavy atom. The lowest BCUT2D eigenvalue weighted by molar-refractivity contribution is 0.0736. The van der Waals surface area contributed by atoms with Gasteiger partial charge < -0.3 is 14.8 Å². The smallest absolute Gasteiger partial charge is 0.254 e. The van der Waals surface area contributed by atoms with E-state index in [-0.39, 0.29) is 5.91 Å². The summed E-state index contributed by atoms with van der Waals surface area (Å²) in [5.74, 6) is 0.995. The Kier molecular flexibility index (Phi) is 9.01. The number of carbonyl (C=O) groups is 1. The van der Waals surface area contributed by atoms with Crippen LogP contribution in [0, 0.1) is 11.7 Å². The number of aryl methyl sites for hydroxylation is 1. The van der Waals surface area contributed by atoms with Gasteiger partial charge in [-0.05, 0) is 67.6 Å². The van der Waals surface area contributed by atoms with E-state index in [1.807, 2.05) is 6.92 Å². The van der Waals surface area contributed by atoms with E-state index in [1.54, 1.807) is 17.0 Å². The molecule has 0 aliphatic rings. The normalized spacial score (nSPS) is 11.5. The second-order valence-corrected chi connectivity index (χ2v) is 9.10. The van der Waals surface area contributed by atoms with Crippen LogP contribution < -0.4 is 5.32 Å². The molecule has 0 unspecified atom stereocenters. The molecule has 3 aromatic rings. The zero-order valence-corrected chi connectivity index (χ0v) is 20.4. The van der Waals surface area contributed by atoms with Crippen LogP contribution in [0.25, 0.3) is 11.0 Å². The third-order valence-corrected chi connectivity index (χ3v) is 5.75. The Morgan fingerprint density at radius 3 is 2.67 bits per heavy atom. The first-order valence-corrected chi connectivity index (χ1v) is 12.2. The van der Waals surface area contributed by atoms with Crippen LogP contribution in [0.1, 0.15) is 68.7 Å². The number of nitrogens with one attached hydrogen (secondary N) is 1. The van der Waals surface area contributed by atoms with E-state index >= 15 is 0 Å². The molecule has 1 aromatic heterocycles. The summed E-state index contributed by atoms with van der Waals surface area (Å²) in [6.07, 6.45) is 2.95. The van der Waals surface area contributed by atoms with Crippen LogP contribution in [-0.4, -0.2) is 33.4 Å². The Labute approximate surface area is 197 Å². The van der Waals surface area contributed by atoms with Crippen molar-refractivity contribution in [1.29, 1.82) is 0 Å². The van der Waals surface area contributed by atoms with Crippen molar-refractivity contribution < 1.29 is 9.18 Å². The molecule has 178 valence electrons. The van der Waals surface area contributed by atoms with E-state index in [0.717, 1.165) is 55.8 Å². The number of rotatable bonds is 12. The molecule has 0 fully saturated rings. The van der Waals surface area contributed by atoms with E-state index in [4.69, 9.17) is 4.98 Å². The molecule has 1 heterocycles. The van der Waals surface area contributed by atoms with Crippen molar-refractivity contribution in [3.63, 3.8) is 0 Å². The lowest BCUT2D eigenvalue weighted by Gasteiger charge is -2.22. The first-order chi connectivity index (χ1) is 15.9. The molecule has 0 aliphatic heterocycles. The summed E-state index contributed by atoms with van der Waals surface area (Å²) < 4.78 is 15.9. The van der Waals surface area contributed by atoms with E-state index < -0.39 is 5.82 Å². The quantitative estimate of drug-likeness (QED) is 0.355. The minimum atomic E-state index is -0.398. The molecule has 0 radical (unpaired) electrons. The highest BCUT2D eigenvalue weighted by Gasteiger charge is 2.20. The van der Waals surface area contributed by atoms with Crippen molar-refractivity contribution in [2.45, 2.75) is 66.6 Å². The van der Waals surface area contributed by atoms with Crippen LogP contribution in [0.2, 0.25) is 0 Å². The monoisotopic (exact) mass is 452 g/mol. The predicted octanol–water partition coefficient (Wildman–Crippen LogP) is 5.77. The summed E-state index contributed by atoms with van der Waals surface area (Å²) in [6, 6.07) is 12.3. The zero-order chi connectivity index (χ0) is 23.8. The third-order valence-electron chi connectivity index (χ3n) is 5.75. The SMILES string of the molecule is CCCN(Cc1nc2cc(CNCCC(C)C)ccc2n1CCC)C(=O)c1cccc(F)c1. The zero-order valence-electron chi connectivity index (χ0n) is 20.4. The molecule has 0 atom stereocenters. The van der Waals surface area contributed by atoms with Crippen molar-refractivity contribution >= 4 is 16.9 Å². The Bertz CT molecular complexity index is 1060. The van der Waals surface area contributed by atoms with Gasteiger partial charge in [-0.3, -0.25) is 4.79 Å². The number of hydrogen-bond donors (Lipinski definition) is 1. The van der Waals surface area contributed by atoms with Gasteiger partial charge in [0.1, 0.15) is 11.6 Å². The minimum Gasteiger partial charge on any atom is -0.331 e. The highest BCUT2D eigenvalue weighted by atomic mass is 19.1. The highest BCUT2D eigenvalue weighted by Crippen LogP contribution is 2.21. The number of benzene rings is 2. The van der Waals surface area contributed by atoms with Gasteiger partial charge in [0.25, 0.3) is 5.91 Å². The molecule has 0 spiro atoms. The summed E-state index contributed by atoms with van der Waals surface area (Å²) in [5, 5.41) is 3.51.